The molecular formula is C26H18N2O5. The van der Waals surface area contributed by atoms with Gasteiger partial charge in [0, 0.05) is 10.9 Å². The monoisotopic (exact) mass is 438 g/mol. The van der Waals surface area contributed by atoms with Crippen molar-refractivity contribution in [3.63, 3.8) is 0 Å². The van der Waals surface area contributed by atoms with E-state index in [-0.39, 0.29) is 24.6 Å². The summed E-state index contributed by atoms with van der Waals surface area (Å²) in [6.07, 6.45) is 0. The van der Waals surface area contributed by atoms with Crippen LogP contribution in [0.1, 0.15) is 21.6 Å². The van der Waals surface area contributed by atoms with Crippen LogP contribution in [0.3, 0.4) is 0 Å². The number of rotatable bonds is 4. The first-order chi connectivity index (χ1) is 16.1. The van der Waals surface area contributed by atoms with Crippen molar-refractivity contribution in [3.05, 3.63) is 93.9 Å². The number of ether oxygens (including phenoxy) is 3. The van der Waals surface area contributed by atoms with Crippen LogP contribution in [-0.2, 0) is 11.3 Å². The average Bonchev–Trinajstić information content (AvgIpc) is 3.33. The summed E-state index contributed by atoms with van der Waals surface area (Å²) in [5, 5.41) is 10.4. The van der Waals surface area contributed by atoms with Gasteiger partial charge >= 0.3 is 5.97 Å². The SMILES string of the molecule is COC(=O)c1c(-c2ccccc2)c2cc(C#N)ccc2c(=O)n1Cc1ccc2c(c1)OCO2. The third kappa shape index (κ3) is 3.48. The molecule has 1 aliphatic rings. The van der Waals surface area contributed by atoms with Gasteiger partial charge < -0.3 is 14.2 Å². The third-order valence-corrected chi connectivity index (χ3v) is 5.62. The van der Waals surface area contributed by atoms with Crippen LogP contribution in [0.15, 0.2) is 71.5 Å². The maximum absolute atomic E-state index is 13.6. The van der Waals surface area contributed by atoms with Gasteiger partial charge in [0.05, 0.1) is 25.3 Å². The van der Waals surface area contributed by atoms with Crippen molar-refractivity contribution in [1.82, 2.24) is 4.57 Å². The minimum atomic E-state index is -0.643. The van der Waals surface area contributed by atoms with E-state index in [4.69, 9.17) is 14.2 Å². The molecule has 4 aromatic rings. The summed E-state index contributed by atoms with van der Waals surface area (Å²) in [4.78, 5) is 26.7. The topological polar surface area (TPSA) is 90.6 Å². The van der Waals surface area contributed by atoms with Gasteiger partial charge in [-0.2, -0.15) is 5.26 Å². The number of pyridine rings is 1. The first-order valence-corrected chi connectivity index (χ1v) is 10.2. The van der Waals surface area contributed by atoms with Crippen molar-refractivity contribution in [2.24, 2.45) is 0 Å². The van der Waals surface area contributed by atoms with Gasteiger partial charge in [0.1, 0.15) is 5.69 Å². The number of carbonyl (C=O) groups excluding carboxylic acids is 1. The molecule has 162 valence electrons. The number of hydrogen-bond donors (Lipinski definition) is 0. The van der Waals surface area contributed by atoms with Crippen LogP contribution in [0, 0.1) is 11.3 Å². The van der Waals surface area contributed by atoms with E-state index in [0.717, 1.165) is 11.1 Å². The van der Waals surface area contributed by atoms with E-state index in [1.165, 1.54) is 11.7 Å². The molecule has 0 unspecified atom stereocenters. The van der Waals surface area contributed by atoms with Crippen molar-refractivity contribution >= 4 is 16.7 Å². The van der Waals surface area contributed by atoms with Crippen LogP contribution in [0.5, 0.6) is 11.5 Å². The van der Waals surface area contributed by atoms with Crippen LogP contribution >= 0.6 is 0 Å². The molecule has 0 saturated carbocycles. The van der Waals surface area contributed by atoms with Crippen molar-refractivity contribution < 1.29 is 19.0 Å². The lowest BCUT2D eigenvalue weighted by Crippen LogP contribution is -2.28. The molecule has 0 saturated heterocycles. The zero-order chi connectivity index (χ0) is 22.9. The van der Waals surface area contributed by atoms with Crippen LogP contribution in [0.4, 0.5) is 0 Å². The predicted molar refractivity (Wildman–Crippen MR) is 121 cm³/mol. The molecule has 3 aromatic carbocycles. The Kier molecular flexibility index (Phi) is 5.04. The highest BCUT2D eigenvalue weighted by atomic mass is 16.7. The summed E-state index contributed by atoms with van der Waals surface area (Å²) in [6, 6.07) is 21.6. The van der Waals surface area contributed by atoms with E-state index >= 15 is 0 Å². The molecule has 1 aliphatic heterocycles. The minimum Gasteiger partial charge on any atom is -0.464 e. The molecule has 0 amide bonds. The maximum atomic E-state index is 13.6. The normalized spacial score (nSPS) is 11.9. The van der Waals surface area contributed by atoms with Crippen molar-refractivity contribution in [2.45, 2.75) is 6.54 Å². The molecule has 2 heterocycles. The third-order valence-electron chi connectivity index (χ3n) is 5.62. The molecule has 0 aliphatic carbocycles. The number of methoxy groups -OCH3 is 1. The van der Waals surface area contributed by atoms with E-state index in [1.807, 2.05) is 36.4 Å². The number of fused-ring (bicyclic) bond motifs is 2. The molecule has 0 N–H and O–H groups in total. The molecule has 0 spiro atoms. The Morgan fingerprint density at radius 1 is 1.03 bits per heavy atom. The molecule has 0 bridgehead atoms. The van der Waals surface area contributed by atoms with Gasteiger partial charge in [-0.15, -0.1) is 0 Å². The van der Waals surface area contributed by atoms with E-state index in [1.54, 1.807) is 30.3 Å². The second-order valence-corrected chi connectivity index (χ2v) is 7.53. The fourth-order valence-corrected chi connectivity index (χ4v) is 4.10. The Morgan fingerprint density at radius 3 is 2.58 bits per heavy atom. The van der Waals surface area contributed by atoms with Gasteiger partial charge in [-0.3, -0.25) is 9.36 Å². The summed E-state index contributed by atoms with van der Waals surface area (Å²) in [6.45, 7) is 0.261. The summed E-state index contributed by atoms with van der Waals surface area (Å²) in [7, 11) is 1.28. The van der Waals surface area contributed by atoms with Gasteiger partial charge in [-0.1, -0.05) is 36.4 Å². The van der Waals surface area contributed by atoms with Crippen LogP contribution in [0.2, 0.25) is 0 Å². The van der Waals surface area contributed by atoms with Gasteiger partial charge in [0.2, 0.25) is 6.79 Å². The largest absolute Gasteiger partial charge is 0.464 e. The summed E-state index contributed by atoms with van der Waals surface area (Å²) >= 11 is 0. The minimum absolute atomic E-state index is 0.119. The highest BCUT2D eigenvalue weighted by Gasteiger charge is 2.25. The van der Waals surface area contributed by atoms with Gasteiger partial charge in [-0.05, 0) is 46.8 Å². The van der Waals surface area contributed by atoms with Gasteiger partial charge in [0.15, 0.2) is 11.5 Å². The Bertz CT molecular complexity index is 1500. The first kappa shape index (κ1) is 20.3. The van der Waals surface area contributed by atoms with Crippen LogP contribution in [-0.4, -0.2) is 24.4 Å². The average molecular weight is 438 g/mol. The summed E-state index contributed by atoms with van der Waals surface area (Å²) < 4.78 is 17.4. The number of esters is 1. The number of nitriles is 1. The Labute approximate surface area is 189 Å². The fraction of sp³-hybridized carbons (Fsp3) is 0.115. The number of benzene rings is 3. The quantitative estimate of drug-likeness (QED) is 0.446. The smallest absolute Gasteiger partial charge is 0.355 e. The molecular weight excluding hydrogens is 420 g/mol. The zero-order valence-electron chi connectivity index (χ0n) is 17.7. The predicted octanol–water partition coefficient (Wildman–Crippen LogP) is 4.10. The van der Waals surface area contributed by atoms with Crippen LogP contribution < -0.4 is 15.0 Å². The molecule has 33 heavy (non-hydrogen) atoms. The van der Waals surface area contributed by atoms with Gasteiger partial charge in [0.25, 0.3) is 5.56 Å². The highest BCUT2D eigenvalue weighted by molar-refractivity contribution is 6.07. The highest BCUT2D eigenvalue weighted by Crippen LogP contribution is 2.34. The van der Waals surface area contributed by atoms with E-state index in [0.29, 0.717) is 33.4 Å². The number of aromatic nitrogens is 1. The fourth-order valence-electron chi connectivity index (χ4n) is 4.10. The number of nitrogens with zero attached hydrogens (tertiary/aromatic N) is 2. The standard InChI is InChI=1S/C26H18N2O5/c1-31-26(30)24-23(18-5-3-2-4-6-18)20-11-16(13-27)7-9-19(20)25(29)28(24)14-17-8-10-21-22(12-17)33-15-32-21/h2-12H,14-15H2,1H3. The zero-order valence-corrected chi connectivity index (χ0v) is 17.7. The second kappa shape index (κ2) is 8.17. The second-order valence-electron chi connectivity index (χ2n) is 7.53. The first-order valence-electron chi connectivity index (χ1n) is 10.2. The Balaban J connectivity index is 1.83. The Morgan fingerprint density at radius 2 is 1.82 bits per heavy atom. The summed E-state index contributed by atoms with van der Waals surface area (Å²) in [5.74, 6) is 0.575. The lowest BCUT2D eigenvalue weighted by atomic mass is 9.95. The van der Waals surface area contributed by atoms with E-state index in [2.05, 4.69) is 6.07 Å². The molecule has 1 aromatic heterocycles. The molecule has 7 nitrogen and oxygen atoms in total. The molecule has 0 atom stereocenters. The lowest BCUT2D eigenvalue weighted by molar-refractivity contribution is 0.0588. The maximum Gasteiger partial charge on any atom is 0.355 e. The van der Waals surface area contributed by atoms with Crippen molar-refractivity contribution in [3.8, 4) is 28.7 Å². The molecule has 0 radical (unpaired) electrons. The molecule has 5 rings (SSSR count). The number of hydrogen-bond acceptors (Lipinski definition) is 6. The van der Waals surface area contributed by atoms with E-state index < -0.39 is 5.97 Å². The Hall–Kier alpha value is -4.57. The number of carbonyl (C=O) groups is 1. The van der Waals surface area contributed by atoms with Crippen molar-refractivity contribution in [2.75, 3.05) is 13.9 Å². The molecule has 0 fully saturated rings. The van der Waals surface area contributed by atoms with E-state index in [9.17, 15) is 14.9 Å². The molecule has 7 heteroatoms. The summed E-state index contributed by atoms with van der Waals surface area (Å²) in [5.41, 5.74) is 2.19. The lowest BCUT2D eigenvalue weighted by Gasteiger charge is -2.19. The van der Waals surface area contributed by atoms with Gasteiger partial charge in [-0.25, -0.2) is 4.79 Å². The van der Waals surface area contributed by atoms with Crippen LogP contribution in [0.25, 0.3) is 21.9 Å². The van der Waals surface area contributed by atoms with Crippen molar-refractivity contribution in [1.29, 1.82) is 5.26 Å².